The zero-order valence-electron chi connectivity index (χ0n) is 12.8. The topological polar surface area (TPSA) is 102 Å². The summed E-state index contributed by atoms with van der Waals surface area (Å²) in [6, 6.07) is 16.0. The first-order valence-corrected chi connectivity index (χ1v) is 8.62. The molecule has 0 aliphatic rings. The fourth-order valence-corrected chi connectivity index (χ4v) is 2.82. The largest absolute Gasteiger partial charge is 0.493 e. The second kappa shape index (κ2) is 7.25. The molecule has 2 aromatic carbocycles. The van der Waals surface area contributed by atoms with Gasteiger partial charge in [-0.15, -0.1) is 0 Å². The highest BCUT2D eigenvalue weighted by atomic mass is 31.2. The van der Waals surface area contributed by atoms with Gasteiger partial charge in [-0.1, -0.05) is 42.5 Å². The Balaban J connectivity index is 2.10. The molecular weight excluding hydrogens is 317 g/mol. The van der Waals surface area contributed by atoms with Crippen molar-refractivity contribution in [3.05, 3.63) is 65.7 Å². The smallest absolute Gasteiger partial charge is 0.471 e. The number of phosphoric ester groups is 1. The molecule has 7 heteroatoms. The zero-order valence-corrected chi connectivity index (χ0v) is 13.6. The third kappa shape index (κ3) is 5.46. The molecule has 0 saturated carbocycles. The monoisotopic (exact) mass is 337 g/mol. The summed E-state index contributed by atoms with van der Waals surface area (Å²) >= 11 is 0. The van der Waals surface area contributed by atoms with Gasteiger partial charge in [-0.05, 0) is 30.2 Å². The van der Waals surface area contributed by atoms with Gasteiger partial charge in [-0.25, -0.2) is 4.57 Å². The summed E-state index contributed by atoms with van der Waals surface area (Å²) in [7, 11) is -4.75. The predicted octanol–water partition coefficient (Wildman–Crippen LogP) is 2.68. The molecule has 0 spiro atoms. The Kier molecular flexibility index (Phi) is 5.57. The van der Waals surface area contributed by atoms with Gasteiger partial charge in [0.05, 0.1) is 6.61 Å². The Morgan fingerprint density at radius 1 is 1.13 bits per heavy atom. The van der Waals surface area contributed by atoms with Gasteiger partial charge in [0.1, 0.15) is 5.75 Å². The Hall–Kier alpha value is -1.69. The number of hydrogen-bond donors (Lipinski definition) is 3. The number of benzene rings is 2. The van der Waals surface area contributed by atoms with Crippen LogP contribution in [0.1, 0.15) is 17.5 Å². The van der Waals surface area contributed by atoms with E-state index in [1.807, 2.05) is 25.1 Å². The minimum atomic E-state index is -4.75. The SMILES string of the molecule is Cc1cccc(OCCC(N)(OP(=O)(O)O)c2ccccc2)c1. The van der Waals surface area contributed by atoms with Crippen LogP contribution in [0.25, 0.3) is 0 Å². The molecule has 0 radical (unpaired) electrons. The van der Waals surface area contributed by atoms with Crippen LogP contribution in [-0.2, 0) is 14.8 Å². The lowest BCUT2D eigenvalue weighted by atomic mass is 10.0. The van der Waals surface area contributed by atoms with E-state index in [-0.39, 0.29) is 13.0 Å². The molecule has 0 bridgehead atoms. The summed E-state index contributed by atoms with van der Waals surface area (Å²) in [6.45, 7) is 2.09. The van der Waals surface area contributed by atoms with Crippen LogP contribution in [0.2, 0.25) is 0 Å². The van der Waals surface area contributed by atoms with E-state index in [1.165, 1.54) is 0 Å². The molecule has 0 saturated heterocycles. The van der Waals surface area contributed by atoms with Crippen molar-refractivity contribution in [1.29, 1.82) is 0 Å². The van der Waals surface area contributed by atoms with E-state index in [0.29, 0.717) is 11.3 Å². The maximum absolute atomic E-state index is 11.2. The van der Waals surface area contributed by atoms with Gasteiger partial charge < -0.3 is 14.5 Å². The first kappa shape index (κ1) is 17.7. The average molecular weight is 337 g/mol. The maximum Gasteiger partial charge on any atom is 0.471 e. The van der Waals surface area contributed by atoms with Crippen molar-refractivity contribution in [3.8, 4) is 5.75 Å². The molecule has 1 unspecified atom stereocenters. The van der Waals surface area contributed by atoms with Crippen LogP contribution in [0.3, 0.4) is 0 Å². The van der Waals surface area contributed by atoms with Gasteiger partial charge in [0.25, 0.3) is 0 Å². The molecule has 0 aliphatic carbocycles. The minimum Gasteiger partial charge on any atom is -0.493 e. The molecule has 2 aromatic rings. The normalized spacial score (nSPS) is 14.3. The fourth-order valence-electron chi connectivity index (χ4n) is 2.20. The minimum absolute atomic E-state index is 0.0794. The van der Waals surface area contributed by atoms with Crippen molar-refractivity contribution < 1.29 is 23.6 Å². The van der Waals surface area contributed by atoms with Crippen LogP contribution in [0.4, 0.5) is 0 Å². The molecule has 0 aromatic heterocycles. The van der Waals surface area contributed by atoms with E-state index in [2.05, 4.69) is 0 Å². The summed E-state index contributed by atoms with van der Waals surface area (Å²) < 4.78 is 21.7. The molecule has 4 N–H and O–H groups in total. The molecule has 2 rings (SSSR count). The molecule has 124 valence electrons. The van der Waals surface area contributed by atoms with E-state index in [1.54, 1.807) is 36.4 Å². The highest BCUT2D eigenvalue weighted by Gasteiger charge is 2.36. The Labute approximate surface area is 135 Å². The number of rotatable bonds is 7. The van der Waals surface area contributed by atoms with E-state index in [0.717, 1.165) is 5.56 Å². The van der Waals surface area contributed by atoms with Crippen LogP contribution in [-0.4, -0.2) is 16.4 Å². The van der Waals surface area contributed by atoms with Gasteiger partial charge in [0.15, 0.2) is 5.72 Å². The number of phosphoric acid groups is 1. The lowest BCUT2D eigenvalue weighted by molar-refractivity contribution is 0.0172. The maximum atomic E-state index is 11.2. The number of hydrogen-bond acceptors (Lipinski definition) is 4. The third-order valence-corrected chi connectivity index (χ3v) is 3.84. The lowest BCUT2D eigenvalue weighted by Crippen LogP contribution is -2.40. The van der Waals surface area contributed by atoms with Gasteiger partial charge in [-0.2, -0.15) is 0 Å². The molecule has 1 atom stereocenters. The van der Waals surface area contributed by atoms with E-state index < -0.39 is 13.5 Å². The number of aryl methyl sites for hydroxylation is 1. The zero-order chi connectivity index (χ0) is 16.9. The van der Waals surface area contributed by atoms with Crippen molar-refractivity contribution in [2.45, 2.75) is 19.1 Å². The first-order valence-electron chi connectivity index (χ1n) is 7.09. The Morgan fingerprint density at radius 3 is 2.43 bits per heavy atom. The van der Waals surface area contributed by atoms with Crippen LogP contribution in [0.15, 0.2) is 54.6 Å². The van der Waals surface area contributed by atoms with E-state index >= 15 is 0 Å². The van der Waals surface area contributed by atoms with E-state index in [9.17, 15) is 4.57 Å². The van der Waals surface area contributed by atoms with Crippen LogP contribution >= 0.6 is 7.82 Å². The lowest BCUT2D eigenvalue weighted by Gasteiger charge is -2.30. The summed E-state index contributed by atoms with van der Waals surface area (Å²) in [4.78, 5) is 18.3. The molecule has 23 heavy (non-hydrogen) atoms. The van der Waals surface area contributed by atoms with Gasteiger partial charge in [0.2, 0.25) is 0 Å². The molecule has 0 amide bonds. The van der Waals surface area contributed by atoms with Crippen LogP contribution in [0.5, 0.6) is 5.75 Å². The predicted molar refractivity (Wildman–Crippen MR) is 86.7 cm³/mol. The number of ether oxygens (including phenoxy) is 1. The molecular formula is C16H20NO5P. The molecule has 6 nitrogen and oxygen atoms in total. The van der Waals surface area contributed by atoms with Crippen molar-refractivity contribution >= 4 is 7.82 Å². The van der Waals surface area contributed by atoms with Crippen molar-refractivity contribution in [2.24, 2.45) is 5.73 Å². The van der Waals surface area contributed by atoms with Gasteiger partial charge in [-0.3, -0.25) is 10.3 Å². The van der Waals surface area contributed by atoms with Crippen molar-refractivity contribution in [1.82, 2.24) is 0 Å². The first-order chi connectivity index (χ1) is 10.8. The highest BCUT2D eigenvalue weighted by molar-refractivity contribution is 7.46. The average Bonchev–Trinajstić information content (AvgIpc) is 2.46. The summed E-state index contributed by atoms with van der Waals surface area (Å²) in [6.07, 6.45) is 0.0794. The van der Waals surface area contributed by atoms with Gasteiger partial charge in [0, 0.05) is 6.42 Å². The summed E-state index contributed by atoms with van der Waals surface area (Å²) in [5.74, 6) is 0.664. The fraction of sp³-hybridized carbons (Fsp3) is 0.250. The molecule has 0 aliphatic heterocycles. The molecule has 0 heterocycles. The Morgan fingerprint density at radius 2 is 1.83 bits per heavy atom. The molecule has 0 fully saturated rings. The number of nitrogens with two attached hydrogens (primary N) is 1. The van der Waals surface area contributed by atoms with Crippen molar-refractivity contribution in [2.75, 3.05) is 6.61 Å². The Bertz CT molecular complexity index is 688. The van der Waals surface area contributed by atoms with Crippen LogP contribution in [0, 0.1) is 6.92 Å². The van der Waals surface area contributed by atoms with Crippen LogP contribution < -0.4 is 10.5 Å². The quantitative estimate of drug-likeness (QED) is 0.530. The van der Waals surface area contributed by atoms with E-state index in [4.69, 9.17) is 24.8 Å². The third-order valence-electron chi connectivity index (χ3n) is 3.28. The standard InChI is InChI=1S/C16H20NO5P/c1-13-6-5-9-15(12-13)21-11-10-16(17,22-23(18,19)20)14-7-3-2-4-8-14/h2-9,12H,10-11,17H2,1H3,(H2,18,19,20). The van der Waals surface area contributed by atoms with Crippen molar-refractivity contribution in [3.63, 3.8) is 0 Å². The second-order valence-corrected chi connectivity index (χ2v) is 6.42. The summed E-state index contributed by atoms with van der Waals surface area (Å²) in [5.41, 5.74) is 5.99. The summed E-state index contributed by atoms with van der Waals surface area (Å²) in [5, 5.41) is 0. The highest BCUT2D eigenvalue weighted by Crippen LogP contribution is 2.44. The van der Waals surface area contributed by atoms with Gasteiger partial charge >= 0.3 is 7.82 Å². The second-order valence-electron chi connectivity index (χ2n) is 5.25.